The van der Waals surface area contributed by atoms with Gasteiger partial charge in [-0.1, -0.05) is 17.7 Å². The molecule has 0 unspecified atom stereocenters. The van der Waals surface area contributed by atoms with Gasteiger partial charge in [-0.3, -0.25) is 4.90 Å². The first-order valence-electron chi connectivity index (χ1n) is 10.4. The third-order valence-corrected chi connectivity index (χ3v) is 6.07. The fourth-order valence-electron chi connectivity index (χ4n) is 4.29. The van der Waals surface area contributed by atoms with Crippen LogP contribution in [0.5, 0.6) is 11.5 Å². The van der Waals surface area contributed by atoms with Crippen molar-refractivity contribution in [2.75, 3.05) is 51.8 Å². The van der Waals surface area contributed by atoms with Crippen LogP contribution in [0.15, 0.2) is 36.4 Å². The van der Waals surface area contributed by atoms with Gasteiger partial charge in [0.15, 0.2) is 11.5 Å². The number of anilines is 1. The highest BCUT2D eigenvalue weighted by Crippen LogP contribution is 2.34. The lowest BCUT2D eigenvalue weighted by Gasteiger charge is -2.36. The predicted octanol–water partition coefficient (Wildman–Crippen LogP) is 4.17. The first-order chi connectivity index (χ1) is 14.1. The first-order valence-corrected chi connectivity index (χ1v) is 10.4. The average Bonchev–Trinajstić information content (AvgIpc) is 3.06. The number of aryl methyl sites for hydroxylation is 2. The lowest BCUT2D eigenvalue weighted by molar-refractivity contribution is 0.261. The maximum absolute atomic E-state index is 5.51. The zero-order chi connectivity index (χ0) is 20.4. The Balaban J connectivity index is 1.41. The molecule has 0 saturated carbocycles. The van der Waals surface area contributed by atoms with E-state index in [4.69, 9.17) is 9.47 Å². The van der Waals surface area contributed by atoms with E-state index in [0.717, 1.165) is 56.2 Å². The molecule has 154 valence electrons. The van der Waals surface area contributed by atoms with Crippen molar-refractivity contribution in [2.24, 2.45) is 0 Å². The second kappa shape index (κ2) is 8.37. The summed E-state index contributed by atoms with van der Waals surface area (Å²) in [4.78, 5) is 8.57. The van der Waals surface area contributed by atoms with Gasteiger partial charge in [0.1, 0.15) is 0 Å². The van der Waals surface area contributed by atoms with Crippen molar-refractivity contribution in [1.29, 1.82) is 0 Å². The average molecular weight is 394 g/mol. The Bertz CT molecular complexity index is 970. The van der Waals surface area contributed by atoms with Crippen LogP contribution in [0.3, 0.4) is 0 Å². The minimum Gasteiger partial charge on any atom is -0.493 e. The Hall–Kier alpha value is -2.66. The van der Waals surface area contributed by atoms with Crippen LogP contribution in [0.4, 0.5) is 5.69 Å². The van der Waals surface area contributed by atoms with E-state index >= 15 is 0 Å². The van der Waals surface area contributed by atoms with Crippen LogP contribution in [0.25, 0.3) is 10.9 Å². The number of H-pyrrole nitrogens is 1. The molecule has 1 aliphatic heterocycles. The molecule has 0 radical (unpaired) electrons. The van der Waals surface area contributed by atoms with E-state index in [9.17, 15) is 0 Å². The largest absolute Gasteiger partial charge is 0.493 e. The molecule has 1 aliphatic rings. The smallest absolute Gasteiger partial charge is 0.162 e. The van der Waals surface area contributed by atoms with Gasteiger partial charge < -0.3 is 19.4 Å². The van der Waals surface area contributed by atoms with Gasteiger partial charge in [0, 0.05) is 61.1 Å². The number of nitrogens with one attached hydrogen (secondary N) is 1. The van der Waals surface area contributed by atoms with Crippen molar-refractivity contribution >= 4 is 16.6 Å². The third kappa shape index (κ3) is 4.06. The Morgan fingerprint density at radius 1 is 0.897 bits per heavy atom. The highest BCUT2D eigenvalue weighted by Gasteiger charge is 2.19. The van der Waals surface area contributed by atoms with E-state index in [1.807, 2.05) is 6.07 Å². The van der Waals surface area contributed by atoms with E-state index in [1.165, 1.54) is 27.9 Å². The highest BCUT2D eigenvalue weighted by atomic mass is 16.5. The topological polar surface area (TPSA) is 40.7 Å². The van der Waals surface area contributed by atoms with Gasteiger partial charge in [-0.15, -0.1) is 0 Å². The summed E-state index contributed by atoms with van der Waals surface area (Å²) in [5.74, 6) is 1.55. The number of rotatable bonds is 6. The number of nitrogens with zero attached hydrogens (tertiary/aromatic N) is 2. The number of aromatic nitrogens is 1. The normalized spacial score (nSPS) is 15.1. The third-order valence-electron chi connectivity index (χ3n) is 6.07. The Morgan fingerprint density at radius 2 is 1.55 bits per heavy atom. The maximum atomic E-state index is 5.51. The summed E-state index contributed by atoms with van der Waals surface area (Å²) in [6.07, 6.45) is 1.03. The van der Waals surface area contributed by atoms with E-state index in [-0.39, 0.29) is 0 Å². The standard InChI is InChI=1S/C24H31N3O2/c1-17-5-7-19(8-6-17)27-13-11-26(12-14-27)10-9-20-18(2)25-22-16-24(29-4)23(28-3)15-21(20)22/h5-8,15-16,25H,9-14H2,1-4H3. The lowest BCUT2D eigenvalue weighted by atomic mass is 10.1. The summed E-state index contributed by atoms with van der Waals surface area (Å²) in [6.45, 7) is 9.74. The molecule has 4 rings (SSSR count). The summed E-state index contributed by atoms with van der Waals surface area (Å²) in [6, 6.07) is 13.0. The fourth-order valence-corrected chi connectivity index (χ4v) is 4.29. The van der Waals surface area contributed by atoms with E-state index in [0.29, 0.717) is 0 Å². The van der Waals surface area contributed by atoms with Gasteiger partial charge >= 0.3 is 0 Å². The lowest BCUT2D eigenvalue weighted by Crippen LogP contribution is -2.47. The number of fused-ring (bicyclic) bond motifs is 1. The van der Waals surface area contributed by atoms with Crippen molar-refractivity contribution in [1.82, 2.24) is 9.88 Å². The van der Waals surface area contributed by atoms with Crippen molar-refractivity contribution < 1.29 is 9.47 Å². The van der Waals surface area contributed by atoms with E-state index < -0.39 is 0 Å². The summed E-state index contributed by atoms with van der Waals surface area (Å²) in [7, 11) is 3.37. The molecule has 0 atom stereocenters. The predicted molar refractivity (Wildman–Crippen MR) is 120 cm³/mol. The van der Waals surface area contributed by atoms with Crippen LogP contribution in [0.2, 0.25) is 0 Å². The van der Waals surface area contributed by atoms with Crippen LogP contribution in [-0.2, 0) is 6.42 Å². The zero-order valence-corrected chi connectivity index (χ0v) is 17.9. The number of hydrogen-bond donors (Lipinski definition) is 1. The maximum Gasteiger partial charge on any atom is 0.162 e. The van der Waals surface area contributed by atoms with Gasteiger partial charge in [-0.25, -0.2) is 0 Å². The molecule has 1 fully saturated rings. The van der Waals surface area contributed by atoms with Gasteiger partial charge in [0.25, 0.3) is 0 Å². The van der Waals surface area contributed by atoms with Crippen LogP contribution in [-0.4, -0.2) is 56.8 Å². The second-order valence-electron chi connectivity index (χ2n) is 7.90. The molecule has 2 aromatic carbocycles. The number of benzene rings is 2. The molecule has 0 bridgehead atoms. The summed E-state index contributed by atoms with van der Waals surface area (Å²) < 4.78 is 11.0. The minimum atomic E-state index is 0.764. The first kappa shape index (κ1) is 19.6. The molecule has 5 heteroatoms. The Labute approximate surface area is 173 Å². The molecule has 0 spiro atoms. The number of ether oxygens (including phenoxy) is 2. The molecule has 0 amide bonds. The molecule has 1 aromatic heterocycles. The van der Waals surface area contributed by atoms with Crippen LogP contribution < -0.4 is 14.4 Å². The van der Waals surface area contributed by atoms with Crippen molar-refractivity contribution in [3.8, 4) is 11.5 Å². The molecular weight excluding hydrogens is 362 g/mol. The monoisotopic (exact) mass is 393 g/mol. The second-order valence-corrected chi connectivity index (χ2v) is 7.90. The molecular formula is C24H31N3O2. The quantitative estimate of drug-likeness (QED) is 0.683. The molecule has 0 aliphatic carbocycles. The number of aromatic amines is 1. The molecule has 5 nitrogen and oxygen atoms in total. The van der Waals surface area contributed by atoms with Gasteiger partial charge in [0.05, 0.1) is 14.2 Å². The molecule has 2 heterocycles. The van der Waals surface area contributed by atoms with Gasteiger partial charge in [-0.2, -0.15) is 0 Å². The Kier molecular flexibility index (Phi) is 5.67. The molecule has 1 saturated heterocycles. The van der Waals surface area contributed by atoms with E-state index in [1.54, 1.807) is 14.2 Å². The number of hydrogen-bond acceptors (Lipinski definition) is 4. The van der Waals surface area contributed by atoms with Crippen molar-refractivity contribution in [2.45, 2.75) is 20.3 Å². The van der Waals surface area contributed by atoms with Crippen molar-refractivity contribution in [3.63, 3.8) is 0 Å². The Morgan fingerprint density at radius 3 is 2.21 bits per heavy atom. The van der Waals surface area contributed by atoms with Crippen LogP contribution in [0, 0.1) is 13.8 Å². The van der Waals surface area contributed by atoms with Crippen molar-refractivity contribution in [3.05, 3.63) is 53.2 Å². The van der Waals surface area contributed by atoms with E-state index in [2.05, 4.69) is 59.0 Å². The summed E-state index contributed by atoms with van der Waals surface area (Å²) >= 11 is 0. The SMILES string of the molecule is COc1cc2[nH]c(C)c(CCN3CCN(c4ccc(C)cc4)CC3)c2cc1OC. The number of piperazine rings is 1. The summed E-state index contributed by atoms with van der Waals surface area (Å²) in [5, 5.41) is 1.23. The van der Waals surface area contributed by atoms with Gasteiger partial charge in [-0.05, 0) is 44.0 Å². The minimum absolute atomic E-state index is 0.764. The number of methoxy groups -OCH3 is 2. The molecule has 1 N–H and O–H groups in total. The summed E-state index contributed by atoms with van der Waals surface area (Å²) in [5.41, 5.74) is 6.37. The van der Waals surface area contributed by atoms with Gasteiger partial charge in [0.2, 0.25) is 0 Å². The molecule has 29 heavy (non-hydrogen) atoms. The molecule has 3 aromatic rings. The van der Waals surface area contributed by atoms with Crippen LogP contribution in [0.1, 0.15) is 16.8 Å². The zero-order valence-electron chi connectivity index (χ0n) is 17.9. The fraction of sp³-hybridized carbons (Fsp3) is 0.417. The highest BCUT2D eigenvalue weighted by molar-refractivity contribution is 5.88. The van der Waals surface area contributed by atoms with Crippen LogP contribution >= 0.6 is 0 Å².